The highest BCUT2D eigenvalue weighted by atomic mass is 16.2. The zero-order valence-corrected chi connectivity index (χ0v) is 11.9. The lowest BCUT2D eigenvalue weighted by atomic mass is 9.90. The second-order valence-corrected chi connectivity index (χ2v) is 6.27. The van der Waals surface area contributed by atoms with Crippen LogP contribution in [-0.2, 0) is 4.79 Å². The monoisotopic (exact) mass is 246 g/mol. The normalized spacial score (nSPS) is 22.1. The molecule has 2 rings (SSSR count). The van der Waals surface area contributed by atoms with Crippen LogP contribution in [0.5, 0.6) is 0 Å². The maximum Gasteiger partial charge on any atom is 0.247 e. The molecule has 0 aliphatic carbocycles. The molecule has 3 nitrogen and oxygen atoms in total. The summed E-state index contributed by atoms with van der Waals surface area (Å²) in [6.07, 6.45) is 0. The topological polar surface area (TPSA) is 32.3 Å². The predicted octanol–water partition coefficient (Wildman–Crippen LogP) is 2.49. The predicted molar refractivity (Wildman–Crippen MR) is 74.8 cm³/mol. The SMILES string of the molecule is Cc1ccc(N2C(=O)C(C)(C)NCC2(C)C)cc1. The molecular formula is C15H22N2O. The van der Waals surface area contributed by atoms with Gasteiger partial charge in [-0.3, -0.25) is 4.79 Å². The van der Waals surface area contributed by atoms with E-state index in [0.717, 1.165) is 12.2 Å². The van der Waals surface area contributed by atoms with Crippen LogP contribution in [0.1, 0.15) is 33.3 Å². The van der Waals surface area contributed by atoms with E-state index in [-0.39, 0.29) is 11.4 Å². The third-order valence-corrected chi connectivity index (χ3v) is 3.60. The summed E-state index contributed by atoms with van der Waals surface area (Å²) in [7, 11) is 0. The summed E-state index contributed by atoms with van der Waals surface area (Å²) in [5.74, 6) is 0.127. The standard InChI is InChI=1S/C15H22N2O/c1-11-6-8-12(9-7-11)17-13(18)15(4,5)16-10-14(17,2)3/h6-9,16H,10H2,1-5H3. The fourth-order valence-electron chi connectivity index (χ4n) is 2.31. The third-order valence-electron chi connectivity index (χ3n) is 3.60. The molecule has 0 atom stereocenters. The lowest BCUT2D eigenvalue weighted by Crippen LogP contribution is -2.69. The lowest BCUT2D eigenvalue weighted by molar-refractivity contribution is -0.126. The molecule has 98 valence electrons. The highest BCUT2D eigenvalue weighted by Crippen LogP contribution is 2.30. The molecule has 0 bridgehead atoms. The molecule has 3 heteroatoms. The molecule has 0 aromatic heterocycles. The van der Waals surface area contributed by atoms with Crippen LogP contribution in [-0.4, -0.2) is 23.5 Å². The van der Waals surface area contributed by atoms with Crippen molar-refractivity contribution in [1.29, 1.82) is 0 Å². The quantitative estimate of drug-likeness (QED) is 0.825. The molecule has 1 aliphatic heterocycles. The van der Waals surface area contributed by atoms with Crippen molar-refractivity contribution in [2.75, 3.05) is 11.4 Å². The Morgan fingerprint density at radius 1 is 1.11 bits per heavy atom. The molecule has 1 heterocycles. The molecule has 18 heavy (non-hydrogen) atoms. The Balaban J connectivity index is 2.44. The Hall–Kier alpha value is -1.35. The number of carbonyl (C=O) groups excluding carboxylic acids is 1. The van der Waals surface area contributed by atoms with Gasteiger partial charge >= 0.3 is 0 Å². The Morgan fingerprint density at radius 2 is 1.67 bits per heavy atom. The van der Waals surface area contributed by atoms with Gasteiger partial charge in [-0.1, -0.05) is 17.7 Å². The average Bonchev–Trinajstić information content (AvgIpc) is 2.28. The highest BCUT2D eigenvalue weighted by molar-refractivity contribution is 6.01. The first-order valence-corrected chi connectivity index (χ1v) is 6.40. The van der Waals surface area contributed by atoms with E-state index in [1.807, 2.05) is 43.0 Å². The number of nitrogens with one attached hydrogen (secondary N) is 1. The van der Waals surface area contributed by atoms with E-state index in [4.69, 9.17) is 0 Å². The van der Waals surface area contributed by atoms with Gasteiger partial charge in [0.1, 0.15) is 0 Å². The first-order valence-electron chi connectivity index (χ1n) is 6.40. The van der Waals surface area contributed by atoms with E-state index >= 15 is 0 Å². The Bertz CT molecular complexity index is 460. The lowest BCUT2D eigenvalue weighted by Gasteiger charge is -2.48. The van der Waals surface area contributed by atoms with Crippen LogP contribution in [0.3, 0.4) is 0 Å². The smallest absolute Gasteiger partial charge is 0.247 e. The number of anilines is 1. The van der Waals surface area contributed by atoms with Crippen LogP contribution in [0.25, 0.3) is 0 Å². The van der Waals surface area contributed by atoms with Gasteiger partial charge in [0.2, 0.25) is 5.91 Å². The van der Waals surface area contributed by atoms with Gasteiger partial charge in [0, 0.05) is 12.2 Å². The number of aryl methyl sites for hydroxylation is 1. The van der Waals surface area contributed by atoms with E-state index < -0.39 is 5.54 Å². The molecule has 1 aliphatic rings. The number of rotatable bonds is 1. The molecule has 0 radical (unpaired) electrons. The van der Waals surface area contributed by atoms with Crippen LogP contribution in [0.2, 0.25) is 0 Å². The first-order chi connectivity index (χ1) is 8.24. The zero-order chi connectivity index (χ0) is 13.6. The van der Waals surface area contributed by atoms with E-state index in [1.54, 1.807) is 0 Å². The maximum absolute atomic E-state index is 12.6. The summed E-state index contributed by atoms with van der Waals surface area (Å²) in [6.45, 7) is 10.9. The molecule has 1 N–H and O–H groups in total. The van der Waals surface area contributed by atoms with Gasteiger partial charge in [-0.05, 0) is 46.8 Å². The van der Waals surface area contributed by atoms with Gasteiger partial charge < -0.3 is 10.2 Å². The maximum atomic E-state index is 12.6. The van der Waals surface area contributed by atoms with Crippen molar-refractivity contribution in [2.24, 2.45) is 0 Å². The molecule has 0 spiro atoms. The van der Waals surface area contributed by atoms with E-state index in [1.165, 1.54) is 5.56 Å². The molecule has 1 aromatic rings. The second-order valence-electron chi connectivity index (χ2n) is 6.27. The van der Waals surface area contributed by atoms with Crippen molar-refractivity contribution in [2.45, 2.75) is 45.7 Å². The number of piperazine rings is 1. The minimum Gasteiger partial charge on any atom is -0.304 e. The summed E-state index contributed by atoms with van der Waals surface area (Å²) >= 11 is 0. The van der Waals surface area contributed by atoms with Crippen molar-refractivity contribution >= 4 is 11.6 Å². The van der Waals surface area contributed by atoms with E-state index in [9.17, 15) is 4.79 Å². The highest BCUT2D eigenvalue weighted by Gasteiger charge is 2.45. The van der Waals surface area contributed by atoms with Crippen LogP contribution in [0.4, 0.5) is 5.69 Å². The van der Waals surface area contributed by atoms with Crippen LogP contribution < -0.4 is 10.2 Å². The molecule has 0 saturated carbocycles. The largest absolute Gasteiger partial charge is 0.304 e. The summed E-state index contributed by atoms with van der Waals surface area (Å²) in [6, 6.07) is 8.15. The first kappa shape index (κ1) is 13.1. The number of hydrogen-bond acceptors (Lipinski definition) is 2. The Labute approximate surface area is 109 Å². The van der Waals surface area contributed by atoms with Gasteiger partial charge in [0.25, 0.3) is 0 Å². The minimum atomic E-state index is -0.500. The number of nitrogens with zero attached hydrogens (tertiary/aromatic N) is 1. The Morgan fingerprint density at radius 3 is 2.22 bits per heavy atom. The molecule has 0 unspecified atom stereocenters. The Kier molecular flexibility index (Phi) is 2.98. The number of amides is 1. The minimum absolute atomic E-state index is 0.127. The van der Waals surface area contributed by atoms with Gasteiger partial charge in [-0.25, -0.2) is 0 Å². The summed E-state index contributed by atoms with van der Waals surface area (Å²) in [5, 5.41) is 3.32. The molecular weight excluding hydrogens is 224 g/mol. The fraction of sp³-hybridized carbons (Fsp3) is 0.533. The van der Waals surface area contributed by atoms with Gasteiger partial charge in [0.15, 0.2) is 0 Å². The van der Waals surface area contributed by atoms with Crippen molar-refractivity contribution in [3.63, 3.8) is 0 Å². The molecule has 1 aromatic carbocycles. The molecule has 1 saturated heterocycles. The van der Waals surface area contributed by atoms with Crippen LogP contribution in [0, 0.1) is 6.92 Å². The van der Waals surface area contributed by atoms with Crippen molar-refractivity contribution < 1.29 is 4.79 Å². The van der Waals surface area contributed by atoms with Crippen molar-refractivity contribution in [3.8, 4) is 0 Å². The summed E-state index contributed by atoms with van der Waals surface area (Å²) in [4.78, 5) is 14.5. The summed E-state index contributed by atoms with van der Waals surface area (Å²) in [5.41, 5.74) is 1.48. The number of benzene rings is 1. The fourth-order valence-corrected chi connectivity index (χ4v) is 2.31. The zero-order valence-electron chi connectivity index (χ0n) is 11.9. The van der Waals surface area contributed by atoms with Gasteiger partial charge in [-0.2, -0.15) is 0 Å². The van der Waals surface area contributed by atoms with Crippen molar-refractivity contribution in [1.82, 2.24) is 5.32 Å². The van der Waals surface area contributed by atoms with Crippen LogP contribution >= 0.6 is 0 Å². The van der Waals surface area contributed by atoms with E-state index in [0.29, 0.717) is 0 Å². The third kappa shape index (κ3) is 2.15. The number of hydrogen-bond donors (Lipinski definition) is 1. The van der Waals surface area contributed by atoms with Gasteiger partial charge in [0.05, 0.1) is 11.1 Å². The second kappa shape index (κ2) is 4.09. The van der Waals surface area contributed by atoms with Gasteiger partial charge in [-0.15, -0.1) is 0 Å². The van der Waals surface area contributed by atoms with Crippen LogP contribution in [0.15, 0.2) is 24.3 Å². The molecule has 1 fully saturated rings. The van der Waals surface area contributed by atoms with E-state index in [2.05, 4.69) is 26.1 Å². The number of carbonyl (C=O) groups is 1. The molecule has 1 amide bonds. The van der Waals surface area contributed by atoms with Crippen molar-refractivity contribution in [3.05, 3.63) is 29.8 Å². The average molecular weight is 246 g/mol. The summed E-state index contributed by atoms with van der Waals surface area (Å²) < 4.78 is 0.